The lowest BCUT2D eigenvalue weighted by Crippen LogP contribution is -2.36. The average Bonchev–Trinajstić information content (AvgIpc) is 3.32. The molecule has 0 N–H and O–H groups in total. The van der Waals surface area contributed by atoms with Crippen molar-refractivity contribution < 1.29 is 4.79 Å². The molecule has 1 aromatic carbocycles. The number of hydrogen-bond acceptors (Lipinski definition) is 5. The third kappa shape index (κ3) is 3.48. The number of fused-ring (bicyclic) bond motifs is 1. The zero-order valence-electron chi connectivity index (χ0n) is 17.1. The number of carbonyl (C=O) groups is 1. The number of aryl methyl sites for hydroxylation is 1. The van der Waals surface area contributed by atoms with Crippen molar-refractivity contribution in [2.24, 2.45) is 11.8 Å². The normalized spacial score (nSPS) is 23.5. The van der Waals surface area contributed by atoms with E-state index in [0.717, 1.165) is 26.2 Å². The lowest BCUT2D eigenvalue weighted by molar-refractivity contribution is 0.0693. The Morgan fingerprint density at radius 3 is 2.60 bits per heavy atom. The summed E-state index contributed by atoms with van der Waals surface area (Å²) in [5.74, 6) is 0.845. The van der Waals surface area contributed by atoms with Crippen molar-refractivity contribution in [1.82, 2.24) is 24.8 Å². The zero-order valence-corrected chi connectivity index (χ0v) is 17.1. The first-order valence-corrected chi connectivity index (χ1v) is 10.4. The largest absolute Gasteiger partial charge is 0.330 e. The van der Waals surface area contributed by atoms with Crippen molar-refractivity contribution >= 4 is 5.91 Å². The molecule has 0 bridgehead atoms. The SMILES string of the molecule is Cc1ccccc1[C@H]1[C@H]2CN(Cc3ccncc3)C[C@H]2CN1C(=O)c1cnccn1. The van der Waals surface area contributed by atoms with Crippen molar-refractivity contribution in [1.29, 1.82) is 0 Å². The fourth-order valence-corrected chi connectivity index (χ4v) is 5.10. The van der Waals surface area contributed by atoms with Gasteiger partial charge in [0.05, 0.1) is 12.2 Å². The molecule has 30 heavy (non-hydrogen) atoms. The maximum absolute atomic E-state index is 13.3. The highest BCUT2D eigenvalue weighted by Gasteiger charge is 2.49. The second kappa shape index (κ2) is 7.95. The number of nitrogens with zero attached hydrogens (tertiary/aromatic N) is 5. The maximum atomic E-state index is 13.3. The predicted molar refractivity (Wildman–Crippen MR) is 113 cm³/mol. The van der Waals surface area contributed by atoms with Crippen LogP contribution < -0.4 is 0 Å². The van der Waals surface area contributed by atoms with Crippen molar-refractivity contribution in [3.8, 4) is 0 Å². The van der Waals surface area contributed by atoms with Gasteiger partial charge in [0.2, 0.25) is 0 Å². The topological polar surface area (TPSA) is 62.2 Å². The maximum Gasteiger partial charge on any atom is 0.274 e. The Hall–Kier alpha value is -3.12. The number of rotatable bonds is 4. The predicted octanol–water partition coefficient (Wildman–Crippen LogP) is 3.13. The molecule has 0 aliphatic carbocycles. The highest BCUT2D eigenvalue weighted by atomic mass is 16.2. The number of likely N-dealkylation sites (tertiary alicyclic amines) is 2. The molecule has 2 aromatic heterocycles. The minimum Gasteiger partial charge on any atom is -0.330 e. The van der Waals surface area contributed by atoms with Gasteiger partial charge >= 0.3 is 0 Å². The molecule has 1 amide bonds. The lowest BCUT2D eigenvalue weighted by Gasteiger charge is -2.30. The molecule has 152 valence electrons. The summed E-state index contributed by atoms with van der Waals surface area (Å²) in [6, 6.07) is 12.7. The molecule has 0 radical (unpaired) electrons. The summed E-state index contributed by atoms with van der Waals surface area (Å²) in [7, 11) is 0. The van der Waals surface area contributed by atoms with Gasteiger partial charge in [-0.05, 0) is 41.7 Å². The minimum absolute atomic E-state index is 0.0218. The summed E-state index contributed by atoms with van der Waals surface area (Å²) in [5.41, 5.74) is 4.18. The van der Waals surface area contributed by atoms with Gasteiger partial charge in [-0.1, -0.05) is 24.3 Å². The van der Waals surface area contributed by atoms with Crippen LogP contribution in [0.1, 0.15) is 33.2 Å². The molecular formula is C24H25N5O. The van der Waals surface area contributed by atoms with Crippen molar-refractivity contribution in [3.05, 3.63) is 89.8 Å². The third-order valence-corrected chi connectivity index (χ3v) is 6.45. The first-order chi connectivity index (χ1) is 14.7. The van der Waals surface area contributed by atoms with Crippen molar-refractivity contribution in [2.75, 3.05) is 19.6 Å². The molecule has 0 spiro atoms. The fourth-order valence-electron chi connectivity index (χ4n) is 5.10. The average molecular weight is 399 g/mol. The monoisotopic (exact) mass is 399 g/mol. The van der Waals surface area contributed by atoms with E-state index in [2.05, 4.69) is 63.2 Å². The molecule has 0 unspecified atom stereocenters. The second-order valence-electron chi connectivity index (χ2n) is 8.32. The van der Waals surface area contributed by atoms with E-state index in [1.807, 2.05) is 17.3 Å². The van der Waals surface area contributed by atoms with Crippen LogP contribution in [0.4, 0.5) is 0 Å². The molecule has 2 fully saturated rings. The Kier molecular flexibility index (Phi) is 5.01. The summed E-state index contributed by atoms with van der Waals surface area (Å²) in [5, 5.41) is 0. The summed E-state index contributed by atoms with van der Waals surface area (Å²) in [6.07, 6.45) is 8.46. The van der Waals surface area contributed by atoms with Crippen LogP contribution in [0.25, 0.3) is 0 Å². The van der Waals surface area contributed by atoms with E-state index in [-0.39, 0.29) is 11.9 Å². The van der Waals surface area contributed by atoms with E-state index >= 15 is 0 Å². The Morgan fingerprint density at radius 2 is 1.83 bits per heavy atom. The van der Waals surface area contributed by atoms with Gasteiger partial charge in [-0.2, -0.15) is 0 Å². The highest BCUT2D eigenvalue weighted by molar-refractivity contribution is 5.92. The summed E-state index contributed by atoms with van der Waals surface area (Å²) < 4.78 is 0. The highest BCUT2D eigenvalue weighted by Crippen LogP contribution is 2.46. The summed E-state index contributed by atoms with van der Waals surface area (Å²) in [4.78, 5) is 30.4. The Bertz CT molecular complexity index is 1030. The number of aromatic nitrogens is 3. The Labute approximate surface area is 176 Å². The molecular weight excluding hydrogens is 374 g/mol. The summed E-state index contributed by atoms with van der Waals surface area (Å²) >= 11 is 0. The molecule has 0 saturated carbocycles. The molecule has 4 heterocycles. The first kappa shape index (κ1) is 18.9. The van der Waals surface area contributed by atoms with Crippen LogP contribution in [0, 0.1) is 18.8 Å². The van der Waals surface area contributed by atoms with Crippen LogP contribution in [-0.2, 0) is 6.54 Å². The van der Waals surface area contributed by atoms with Crippen LogP contribution >= 0.6 is 0 Å². The fraction of sp³-hybridized carbons (Fsp3) is 0.333. The number of pyridine rings is 1. The molecule has 2 saturated heterocycles. The molecule has 3 aromatic rings. The van der Waals surface area contributed by atoms with Crippen LogP contribution in [0.15, 0.2) is 67.4 Å². The Morgan fingerprint density at radius 1 is 1.00 bits per heavy atom. The van der Waals surface area contributed by atoms with Gasteiger partial charge in [0, 0.05) is 56.9 Å². The first-order valence-electron chi connectivity index (χ1n) is 10.4. The zero-order chi connectivity index (χ0) is 20.5. The van der Waals surface area contributed by atoms with Gasteiger partial charge in [-0.3, -0.25) is 19.7 Å². The van der Waals surface area contributed by atoms with E-state index < -0.39 is 0 Å². The van der Waals surface area contributed by atoms with Crippen LogP contribution in [-0.4, -0.2) is 50.3 Å². The number of benzene rings is 1. The van der Waals surface area contributed by atoms with E-state index in [9.17, 15) is 4.79 Å². The molecule has 6 nitrogen and oxygen atoms in total. The van der Waals surface area contributed by atoms with E-state index in [1.165, 1.54) is 16.7 Å². The van der Waals surface area contributed by atoms with Gasteiger partial charge in [0.25, 0.3) is 5.91 Å². The van der Waals surface area contributed by atoms with Crippen LogP contribution in [0.2, 0.25) is 0 Å². The molecule has 2 aliphatic heterocycles. The second-order valence-corrected chi connectivity index (χ2v) is 8.32. The standard InChI is InChI=1S/C24H25N5O/c1-17-4-2-3-5-20(17)23-21-16-28(13-18-6-8-25-9-7-18)14-19(21)15-29(23)24(30)22-12-26-10-11-27-22/h2-12,19,21,23H,13-16H2,1H3/t19-,21-,23-/m0/s1. The van der Waals surface area contributed by atoms with Gasteiger partial charge in [0.1, 0.15) is 5.69 Å². The minimum atomic E-state index is -0.0218. The Balaban J connectivity index is 1.44. The molecule has 2 aliphatic rings. The number of hydrogen-bond donors (Lipinski definition) is 0. The molecule has 3 atom stereocenters. The van der Waals surface area contributed by atoms with Crippen LogP contribution in [0.5, 0.6) is 0 Å². The van der Waals surface area contributed by atoms with E-state index in [1.54, 1.807) is 18.6 Å². The van der Waals surface area contributed by atoms with E-state index in [4.69, 9.17) is 0 Å². The van der Waals surface area contributed by atoms with Gasteiger partial charge in [-0.25, -0.2) is 4.98 Å². The van der Waals surface area contributed by atoms with Gasteiger partial charge in [-0.15, -0.1) is 0 Å². The molecule has 6 heteroatoms. The van der Waals surface area contributed by atoms with Crippen molar-refractivity contribution in [3.63, 3.8) is 0 Å². The van der Waals surface area contributed by atoms with Gasteiger partial charge in [0.15, 0.2) is 0 Å². The lowest BCUT2D eigenvalue weighted by atomic mass is 9.87. The quantitative estimate of drug-likeness (QED) is 0.675. The third-order valence-electron chi connectivity index (χ3n) is 6.45. The number of amides is 1. The van der Waals surface area contributed by atoms with Gasteiger partial charge < -0.3 is 4.90 Å². The smallest absolute Gasteiger partial charge is 0.274 e. The van der Waals surface area contributed by atoms with Crippen LogP contribution in [0.3, 0.4) is 0 Å². The van der Waals surface area contributed by atoms with E-state index in [0.29, 0.717) is 17.5 Å². The molecule has 5 rings (SSSR count). The number of carbonyl (C=O) groups excluding carboxylic acids is 1. The van der Waals surface area contributed by atoms with Crippen molar-refractivity contribution in [2.45, 2.75) is 19.5 Å². The summed E-state index contributed by atoms with van der Waals surface area (Å²) in [6.45, 7) is 5.80.